The highest BCUT2D eigenvalue weighted by molar-refractivity contribution is 9.10. The summed E-state index contributed by atoms with van der Waals surface area (Å²) >= 11 is 3.48. The number of morpholine rings is 1. The van der Waals surface area contributed by atoms with Gasteiger partial charge in [-0.25, -0.2) is 0 Å². The number of hydrogen-bond acceptors (Lipinski definition) is 3. The minimum Gasteiger partial charge on any atom is -0.379 e. The fourth-order valence-electron chi connectivity index (χ4n) is 2.23. The summed E-state index contributed by atoms with van der Waals surface area (Å²) in [5, 5.41) is 3.28. The van der Waals surface area contributed by atoms with Gasteiger partial charge < -0.3 is 10.1 Å². The summed E-state index contributed by atoms with van der Waals surface area (Å²) in [6, 6.07) is 9.05. The Morgan fingerprint density at radius 1 is 1.29 bits per heavy atom. The quantitative estimate of drug-likeness (QED) is 0.921. The van der Waals surface area contributed by atoms with Crippen molar-refractivity contribution < 1.29 is 4.74 Å². The smallest absolute Gasteiger partial charge is 0.0594 e. The van der Waals surface area contributed by atoms with Crippen molar-refractivity contribution in [2.45, 2.75) is 6.04 Å². The van der Waals surface area contributed by atoms with Gasteiger partial charge in [-0.15, -0.1) is 0 Å². The van der Waals surface area contributed by atoms with E-state index in [4.69, 9.17) is 4.74 Å². The molecule has 0 saturated carbocycles. The van der Waals surface area contributed by atoms with Crippen molar-refractivity contribution in [1.82, 2.24) is 10.2 Å². The zero-order valence-corrected chi connectivity index (χ0v) is 11.7. The zero-order chi connectivity index (χ0) is 12.1. The number of ether oxygens (including phenoxy) is 1. The van der Waals surface area contributed by atoms with Crippen LogP contribution in [0.15, 0.2) is 28.7 Å². The van der Waals surface area contributed by atoms with E-state index in [1.54, 1.807) is 0 Å². The van der Waals surface area contributed by atoms with Gasteiger partial charge >= 0.3 is 0 Å². The molecular formula is C13H19BrN2O. The third-order valence-corrected chi connectivity index (χ3v) is 3.67. The highest BCUT2D eigenvalue weighted by Crippen LogP contribution is 2.22. The molecule has 1 aliphatic rings. The Hall–Kier alpha value is -0.420. The first-order valence-corrected chi connectivity index (χ1v) is 6.82. The second-order valence-corrected chi connectivity index (χ2v) is 5.19. The number of rotatable bonds is 4. The number of likely N-dealkylation sites (N-methyl/N-ethyl adjacent to an activating group) is 1. The Morgan fingerprint density at radius 3 is 2.53 bits per heavy atom. The van der Waals surface area contributed by atoms with Crippen LogP contribution in [0.2, 0.25) is 0 Å². The van der Waals surface area contributed by atoms with E-state index in [0.29, 0.717) is 6.04 Å². The minimum absolute atomic E-state index is 0.442. The maximum atomic E-state index is 5.41. The molecule has 4 heteroatoms. The molecule has 1 unspecified atom stereocenters. The molecule has 0 bridgehead atoms. The summed E-state index contributed by atoms with van der Waals surface area (Å²) in [5.41, 5.74) is 1.37. The minimum atomic E-state index is 0.442. The largest absolute Gasteiger partial charge is 0.379 e. The van der Waals surface area contributed by atoms with E-state index >= 15 is 0 Å². The highest BCUT2D eigenvalue weighted by atomic mass is 79.9. The maximum absolute atomic E-state index is 5.41. The molecule has 0 amide bonds. The molecule has 2 rings (SSSR count). The van der Waals surface area contributed by atoms with Crippen LogP contribution in [-0.2, 0) is 4.74 Å². The van der Waals surface area contributed by atoms with Gasteiger partial charge in [0.1, 0.15) is 0 Å². The SMILES string of the molecule is CNCC(c1ccc(Br)cc1)N1CCOCC1. The van der Waals surface area contributed by atoms with Crippen molar-refractivity contribution in [3.63, 3.8) is 0 Å². The molecule has 1 N–H and O–H groups in total. The van der Waals surface area contributed by atoms with Gasteiger partial charge in [0.15, 0.2) is 0 Å². The second kappa shape index (κ2) is 6.50. The van der Waals surface area contributed by atoms with Crippen LogP contribution >= 0.6 is 15.9 Å². The van der Waals surface area contributed by atoms with Crippen molar-refractivity contribution in [3.05, 3.63) is 34.3 Å². The first-order valence-electron chi connectivity index (χ1n) is 6.03. The molecular weight excluding hydrogens is 280 g/mol. The van der Waals surface area contributed by atoms with E-state index < -0.39 is 0 Å². The van der Waals surface area contributed by atoms with Crippen molar-refractivity contribution in [2.24, 2.45) is 0 Å². The van der Waals surface area contributed by atoms with Gasteiger partial charge in [0.25, 0.3) is 0 Å². The molecule has 1 aromatic carbocycles. The fraction of sp³-hybridized carbons (Fsp3) is 0.538. The third-order valence-electron chi connectivity index (χ3n) is 3.14. The number of halogens is 1. The predicted octanol–water partition coefficient (Wildman–Crippen LogP) is 2.04. The van der Waals surface area contributed by atoms with Gasteiger partial charge in [-0.3, -0.25) is 4.90 Å². The molecule has 0 spiro atoms. The van der Waals surface area contributed by atoms with Crippen LogP contribution < -0.4 is 5.32 Å². The molecule has 1 atom stereocenters. The van der Waals surface area contributed by atoms with Gasteiger partial charge in [-0.1, -0.05) is 28.1 Å². The van der Waals surface area contributed by atoms with E-state index in [9.17, 15) is 0 Å². The molecule has 17 heavy (non-hydrogen) atoms. The Labute approximate surface area is 111 Å². The normalized spacial score (nSPS) is 19.2. The van der Waals surface area contributed by atoms with Crippen molar-refractivity contribution in [2.75, 3.05) is 39.9 Å². The Bertz CT molecular complexity index is 336. The lowest BCUT2D eigenvalue weighted by molar-refractivity contribution is 0.0165. The first-order chi connectivity index (χ1) is 8.31. The van der Waals surface area contributed by atoms with Crippen LogP contribution in [0.1, 0.15) is 11.6 Å². The van der Waals surface area contributed by atoms with E-state index in [2.05, 4.69) is 50.4 Å². The summed E-state index contributed by atoms with van der Waals surface area (Å²) in [6.45, 7) is 4.69. The highest BCUT2D eigenvalue weighted by Gasteiger charge is 2.21. The molecule has 94 valence electrons. The summed E-state index contributed by atoms with van der Waals surface area (Å²) in [7, 11) is 2.01. The van der Waals surface area contributed by atoms with E-state index in [1.807, 2.05) is 7.05 Å². The average Bonchev–Trinajstić information content (AvgIpc) is 2.38. The average molecular weight is 299 g/mol. The first kappa shape index (κ1) is 13.0. The number of nitrogens with one attached hydrogen (secondary N) is 1. The maximum Gasteiger partial charge on any atom is 0.0594 e. The van der Waals surface area contributed by atoms with E-state index in [1.165, 1.54) is 5.56 Å². The predicted molar refractivity (Wildman–Crippen MR) is 73.2 cm³/mol. The Kier molecular flexibility index (Phi) is 4.98. The van der Waals surface area contributed by atoms with Crippen molar-refractivity contribution in [3.8, 4) is 0 Å². The van der Waals surface area contributed by atoms with E-state index in [0.717, 1.165) is 37.3 Å². The lowest BCUT2D eigenvalue weighted by Gasteiger charge is -2.34. The molecule has 0 aliphatic carbocycles. The molecule has 1 saturated heterocycles. The van der Waals surface area contributed by atoms with Crippen LogP contribution in [0.25, 0.3) is 0 Å². The summed E-state index contributed by atoms with van der Waals surface area (Å²) < 4.78 is 6.54. The summed E-state index contributed by atoms with van der Waals surface area (Å²) in [4.78, 5) is 2.49. The summed E-state index contributed by atoms with van der Waals surface area (Å²) in [6.07, 6.45) is 0. The molecule has 1 aliphatic heterocycles. The zero-order valence-electron chi connectivity index (χ0n) is 10.2. The van der Waals surface area contributed by atoms with Gasteiger partial charge in [-0.05, 0) is 24.7 Å². The molecule has 3 nitrogen and oxygen atoms in total. The van der Waals surface area contributed by atoms with Crippen molar-refractivity contribution in [1.29, 1.82) is 0 Å². The molecule has 0 radical (unpaired) electrons. The van der Waals surface area contributed by atoms with Gasteiger partial charge in [0.2, 0.25) is 0 Å². The lowest BCUT2D eigenvalue weighted by atomic mass is 10.0. The van der Waals surface area contributed by atoms with Gasteiger partial charge in [0.05, 0.1) is 13.2 Å². The third kappa shape index (κ3) is 3.52. The van der Waals surface area contributed by atoms with Crippen LogP contribution in [-0.4, -0.2) is 44.8 Å². The molecule has 1 fully saturated rings. The standard InChI is InChI=1S/C13H19BrN2O/c1-15-10-13(16-6-8-17-9-7-16)11-2-4-12(14)5-3-11/h2-5,13,15H,6-10H2,1H3. The Balaban J connectivity index is 2.12. The number of nitrogens with zero attached hydrogens (tertiary/aromatic N) is 1. The van der Waals surface area contributed by atoms with E-state index in [-0.39, 0.29) is 0 Å². The second-order valence-electron chi connectivity index (χ2n) is 4.27. The number of benzene rings is 1. The topological polar surface area (TPSA) is 24.5 Å². The van der Waals surface area contributed by atoms with Crippen LogP contribution in [0.3, 0.4) is 0 Å². The summed E-state index contributed by atoms with van der Waals surface area (Å²) in [5.74, 6) is 0. The van der Waals surface area contributed by atoms with Crippen LogP contribution in [0, 0.1) is 0 Å². The van der Waals surface area contributed by atoms with Crippen LogP contribution in [0.4, 0.5) is 0 Å². The van der Waals surface area contributed by atoms with Gasteiger partial charge in [0, 0.05) is 30.1 Å². The van der Waals surface area contributed by atoms with Gasteiger partial charge in [-0.2, -0.15) is 0 Å². The molecule has 1 heterocycles. The monoisotopic (exact) mass is 298 g/mol. The molecule has 0 aromatic heterocycles. The number of hydrogen-bond donors (Lipinski definition) is 1. The molecule has 1 aromatic rings. The van der Waals surface area contributed by atoms with Crippen LogP contribution in [0.5, 0.6) is 0 Å². The fourth-order valence-corrected chi connectivity index (χ4v) is 2.49. The lowest BCUT2D eigenvalue weighted by Crippen LogP contribution is -2.42. The van der Waals surface area contributed by atoms with Crippen molar-refractivity contribution >= 4 is 15.9 Å². The Morgan fingerprint density at radius 2 is 1.94 bits per heavy atom.